The average Bonchev–Trinajstić information content (AvgIpc) is 3.18. The largest absolute Gasteiger partial charge is 0.416 e. The predicted octanol–water partition coefficient (Wildman–Crippen LogP) is 6.18. The van der Waals surface area contributed by atoms with Gasteiger partial charge in [0.05, 0.1) is 16.8 Å². The number of nitrogens with zero attached hydrogens (tertiary/aromatic N) is 2. The highest BCUT2D eigenvalue weighted by Crippen LogP contribution is 2.31. The molecule has 0 saturated heterocycles. The molecule has 0 radical (unpaired) electrons. The highest BCUT2D eigenvalue weighted by Gasteiger charge is 2.30. The van der Waals surface area contributed by atoms with Crippen LogP contribution in [0.1, 0.15) is 15.9 Å². The van der Waals surface area contributed by atoms with Crippen molar-refractivity contribution < 1.29 is 22.4 Å². The Bertz CT molecular complexity index is 1190. The van der Waals surface area contributed by atoms with E-state index in [4.69, 9.17) is 0 Å². The Kier molecular flexibility index (Phi) is 4.95. The van der Waals surface area contributed by atoms with Gasteiger partial charge in [0.1, 0.15) is 11.5 Å². The Morgan fingerprint density at radius 2 is 1.43 bits per heavy atom. The van der Waals surface area contributed by atoms with Gasteiger partial charge in [-0.05, 0) is 41.5 Å². The van der Waals surface area contributed by atoms with Crippen molar-refractivity contribution in [3.05, 3.63) is 95.9 Å². The maximum absolute atomic E-state index is 13.1. The zero-order valence-corrected chi connectivity index (χ0v) is 15.4. The van der Waals surface area contributed by atoms with Crippen molar-refractivity contribution in [2.24, 2.45) is 0 Å². The van der Waals surface area contributed by atoms with E-state index in [-0.39, 0.29) is 17.1 Å². The summed E-state index contributed by atoms with van der Waals surface area (Å²) in [6, 6.07) is 17.9. The minimum atomic E-state index is -4.48. The van der Waals surface area contributed by atoms with E-state index in [1.807, 2.05) is 0 Å². The lowest BCUT2D eigenvalue weighted by atomic mass is 10.0. The lowest BCUT2D eigenvalue weighted by Gasteiger charge is -2.08. The molecule has 0 unspecified atom stereocenters. The van der Waals surface area contributed by atoms with Crippen molar-refractivity contribution in [2.75, 3.05) is 0 Å². The second kappa shape index (κ2) is 7.59. The smallest absolute Gasteiger partial charge is 0.298 e. The van der Waals surface area contributed by atoms with Crippen molar-refractivity contribution in [3.63, 3.8) is 0 Å². The summed E-state index contributed by atoms with van der Waals surface area (Å²) in [6.45, 7) is 0. The van der Waals surface area contributed by atoms with E-state index >= 15 is 0 Å². The van der Waals surface area contributed by atoms with Crippen molar-refractivity contribution in [1.82, 2.24) is 9.78 Å². The van der Waals surface area contributed by atoms with Crippen LogP contribution in [0.4, 0.5) is 17.6 Å². The highest BCUT2D eigenvalue weighted by molar-refractivity contribution is 5.86. The summed E-state index contributed by atoms with van der Waals surface area (Å²) in [6.07, 6.45) is -2.47. The van der Waals surface area contributed by atoms with Crippen molar-refractivity contribution >= 4 is 6.29 Å². The molecule has 0 amide bonds. The van der Waals surface area contributed by atoms with Gasteiger partial charge in [0, 0.05) is 11.8 Å². The molecule has 1 aromatic heterocycles. The summed E-state index contributed by atoms with van der Waals surface area (Å²) in [5, 5.41) is 4.33. The molecule has 4 aromatic rings. The predicted molar refractivity (Wildman–Crippen MR) is 105 cm³/mol. The van der Waals surface area contributed by atoms with E-state index in [1.54, 1.807) is 36.4 Å². The van der Waals surface area contributed by atoms with Crippen LogP contribution in [0.5, 0.6) is 0 Å². The molecule has 0 N–H and O–H groups in total. The molecule has 0 aliphatic rings. The van der Waals surface area contributed by atoms with Gasteiger partial charge >= 0.3 is 6.18 Å². The van der Waals surface area contributed by atoms with Gasteiger partial charge in [0.25, 0.3) is 0 Å². The molecule has 7 heteroatoms. The summed E-state index contributed by atoms with van der Waals surface area (Å²) < 4.78 is 53.3. The molecule has 0 aliphatic heterocycles. The van der Waals surface area contributed by atoms with E-state index in [9.17, 15) is 22.4 Å². The van der Waals surface area contributed by atoms with E-state index < -0.39 is 11.7 Å². The third-order valence-corrected chi connectivity index (χ3v) is 4.64. The molecule has 30 heavy (non-hydrogen) atoms. The number of hydrogen-bond acceptors (Lipinski definition) is 2. The number of carbonyl (C=O) groups is 1. The first-order valence-electron chi connectivity index (χ1n) is 8.94. The Labute approximate surface area is 169 Å². The number of hydrogen-bond donors (Lipinski definition) is 0. The van der Waals surface area contributed by atoms with Crippen LogP contribution in [0.3, 0.4) is 0 Å². The number of alkyl halides is 3. The van der Waals surface area contributed by atoms with Gasteiger partial charge in [0.2, 0.25) is 0 Å². The normalized spacial score (nSPS) is 11.5. The summed E-state index contributed by atoms with van der Waals surface area (Å²) in [5.74, 6) is -0.328. The number of aromatic nitrogens is 2. The Morgan fingerprint density at radius 1 is 0.833 bits per heavy atom. The molecule has 0 aliphatic carbocycles. The third kappa shape index (κ3) is 3.87. The van der Waals surface area contributed by atoms with Crippen molar-refractivity contribution in [1.29, 1.82) is 0 Å². The maximum atomic E-state index is 13.1. The first-order valence-corrected chi connectivity index (χ1v) is 8.94. The number of benzene rings is 3. The minimum Gasteiger partial charge on any atom is -0.298 e. The fraction of sp³-hybridized carbons (Fsp3) is 0.0435. The summed E-state index contributed by atoms with van der Waals surface area (Å²) >= 11 is 0. The molecule has 4 rings (SSSR count). The van der Waals surface area contributed by atoms with Crippen LogP contribution < -0.4 is 0 Å². The van der Waals surface area contributed by atoms with Gasteiger partial charge in [-0.1, -0.05) is 42.5 Å². The Balaban J connectivity index is 1.70. The van der Waals surface area contributed by atoms with Crippen LogP contribution in [0.2, 0.25) is 0 Å². The number of halogens is 4. The zero-order valence-electron chi connectivity index (χ0n) is 15.4. The van der Waals surface area contributed by atoms with Crippen LogP contribution >= 0.6 is 0 Å². The molecule has 0 fully saturated rings. The van der Waals surface area contributed by atoms with Gasteiger partial charge < -0.3 is 0 Å². The molecule has 0 saturated carbocycles. The molecule has 1 heterocycles. The SMILES string of the molecule is O=Cc1cn(-c2cccc(C(F)(F)F)c2)nc1-c1ccc(-c2ccc(F)cc2)cc1. The summed E-state index contributed by atoms with van der Waals surface area (Å²) in [4.78, 5) is 11.5. The van der Waals surface area contributed by atoms with Crippen LogP contribution in [-0.4, -0.2) is 16.1 Å². The van der Waals surface area contributed by atoms with E-state index in [0.717, 1.165) is 23.3 Å². The zero-order chi connectivity index (χ0) is 21.3. The highest BCUT2D eigenvalue weighted by atomic mass is 19.4. The van der Waals surface area contributed by atoms with E-state index in [0.29, 0.717) is 17.5 Å². The molecule has 0 spiro atoms. The fourth-order valence-corrected chi connectivity index (χ4v) is 3.12. The van der Waals surface area contributed by atoms with Crippen LogP contribution in [0.25, 0.3) is 28.1 Å². The molecule has 3 nitrogen and oxygen atoms in total. The number of rotatable bonds is 4. The molecule has 3 aromatic carbocycles. The fourth-order valence-electron chi connectivity index (χ4n) is 3.12. The number of aldehydes is 1. The quantitative estimate of drug-likeness (QED) is 0.298. The van der Waals surface area contributed by atoms with Crippen molar-refractivity contribution in [3.8, 4) is 28.1 Å². The molecular formula is C23H14F4N2O. The topological polar surface area (TPSA) is 34.9 Å². The molecular weight excluding hydrogens is 396 g/mol. The maximum Gasteiger partial charge on any atom is 0.416 e. The average molecular weight is 410 g/mol. The molecule has 150 valence electrons. The number of carbonyl (C=O) groups excluding carboxylic acids is 1. The second-order valence-electron chi connectivity index (χ2n) is 6.63. The third-order valence-electron chi connectivity index (χ3n) is 4.64. The lowest BCUT2D eigenvalue weighted by Crippen LogP contribution is -2.06. The Morgan fingerprint density at radius 3 is 2.03 bits per heavy atom. The van der Waals surface area contributed by atoms with E-state index in [2.05, 4.69) is 5.10 Å². The van der Waals surface area contributed by atoms with E-state index in [1.165, 1.54) is 35.1 Å². The van der Waals surface area contributed by atoms with Gasteiger partial charge in [-0.2, -0.15) is 18.3 Å². The van der Waals surface area contributed by atoms with Crippen LogP contribution in [0.15, 0.2) is 79.0 Å². The van der Waals surface area contributed by atoms with Gasteiger partial charge in [0.15, 0.2) is 6.29 Å². The Hall–Kier alpha value is -3.74. The second-order valence-corrected chi connectivity index (χ2v) is 6.63. The summed E-state index contributed by atoms with van der Waals surface area (Å²) in [7, 11) is 0. The molecule has 0 atom stereocenters. The van der Waals surface area contributed by atoms with Gasteiger partial charge in [-0.25, -0.2) is 9.07 Å². The first-order chi connectivity index (χ1) is 14.3. The van der Waals surface area contributed by atoms with Crippen LogP contribution in [0, 0.1) is 5.82 Å². The minimum absolute atomic E-state index is 0.196. The monoisotopic (exact) mass is 410 g/mol. The van der Waals surface area contributed by atoms with Gasteiger partial charge in [-0.3, -0.25) is 4.79 Å². The summed E-state index contributed by atoms with van der Waals surface area (Å²) in [5.41, 5.74) is 2.32. The van der Waals surface area contributed by atoms with Gasteiger partial charge in [-0.15, -0.1) is 0 Å². The molecule has 0 bridgehead atoms. The van der Waals surface area contributed by atoms with Crippen LogP contribution in [-0.2, 0) is 6.18 Å². The lowest BCUT2D eigenvalue weighted by molar-refractivity contribution is -0.137. The van der Waals surface area contributed by atoms with Crippen molar-refractivity contribution in [2.45, 2.75) is 6.18 Å². The first kappa shape index (κ1) is 19.6. The standard InChI is InChI=1S/C23H14F4N2O/c24-20-10-8-16(9-11-20)15-4-6-17(7-5-15)22-18(14-30)13-29(28-22)21-3-1-2-19(12-21)23(25,26)27/h1-14H.